The number of pyridine rings is 1. The van der Waals surface area contributed by atoms with E-state index in [1.165, 1.54) is 6.20 Å². The van der Waals surface area contributed by atoms with Crippen molar-refractivity contribution in [3.8, 4) is 5.88 Å². The number of nitrogens with zero attached hydrogens (tertiary/aromatic N) is 1. The summed E-state index contributed by atoms with van der Waals surface area (Å²) < 4.78 is 11.4. The van der Waals surface area contributed by atoms with Crippen LogP contribution in [0.1, 0.15) is 24.2 Å². The molecule has 0 bridgehead atoms. The van der Waals surface area contributed by atoms with Gasteiger partial charge in [0.05, 0.1) is 11.2 Å². The maximum Gasteiger partial charge on any atom is 0.250 e. The van der Waals surface area contributed by atoms with E-state index >= 15 is 0 Å². The minimum absolute atomic E-state index is 0.0126. The van der Waals surface area contributed by atoms with Gasteiger partial charge in [0.1, 0.15) is 12.7 Å². The number of nitrogens with one attached hydrogen (secondary N) is 1. The van der Waals surface area contributed by atoms with Crippen LogP contribution < -0.4 is 15.8 Å². The molecule has 3 N–H and O–H groups in total. The fraction of sp³-hybridized carbons (Fsp3) is 0.538. The van der Waals surface area contributed by atoms with Crippen LogP contribution in [0.15, 0.2) is 18.3 Å². The zero-order valence-electron chi connectivity index (χ0n) is 11.2. The summed E-state index contributed by atoms with van der Waals surface area (Å²) in [5, 5.41) is 3.30. The Morgan fingerprint density at radius 1 is 1.63 bits per heavy atom. The normalized spacial score (nSPS) is 21.9. The summed E-state index contributed by atoms with van der Waals surface area (Å²) >= 11 is 0. The van der Waals surface area contributed by atoms with Crippen LogP contribution in [0.25, 0.3) is 0 Å². The number of carbonyl (C=O) groups is 1. The third kappa shape index (κ3) is 3.90. The smallest absolute Gasteiger partial charge is 0.250 e. The summed E-state index contributed by atoms with van der Waals surface area (Å²) in [6, 6.07) is 3.22. The zero-order valence-corrected chi connectivity index (χ0v) is 11.2. The highest BCUT2D eigenvalue weighted by molar-refractivity contribution is 5.92. The minimum Gasteiger partial charge on any atom is -0.475 e. The Balaban J connectivity index is 1.86. The third-order valence-corrected chi connectivity index (χ3v) is 2.85. The number of carbonyl (C=O) groups excluding carboxylic acids is 1. The summed E-state index contributed by atoms with van der Waals surface area (Å²) in [6.45, 7) is 6.06. The number of rotatable bonds is 4. The molecule has 2 heterocycles. The molecule has 0 aliphatic carbocycles. The van der Waals surface area contributed by atoms with Gasteiger partial charge in [0.25, 0.3) is 0 Å². The second kappa shape index (κ2) is 5.54. The van der Waals surface area contributed by atoms with Crippen molar-refractivity contribution >= 4 is 5.91 Å². The molecular weight excluding hydrogens is 246 g/mol. The second-order valence-electron chi connectivity index (χ2n) is 5.19. The molecule has 1 saturated heterocycles. The molecular formula is C13H19N3O3. The first-order valence-corrected chi connectivity index (χ1v) is 6.23. The molecule has 6 heteroatoms. The number of morpholine rings is 1. The van der Waals surface area contributed by atoms with E-state index in [0.717, 1.165) is 13.1 Å². The predicted molar refractivity (Wildman–Crippen MR) is 70.1 cm³/mol. The third-order valence-electron chi connectivity index (χ3n) is 2.85. The highest BCUT2D eigenvalue weighted by Crippen LogP contribution is 2.16. The van der Waals surface area contributed by atoms with Gasteiger partial charge in [-0.15, -0.1) is 0 Å². The molecule has 6 nitrogen and oxygen atoms in total. The number of amides is 1. The van der Waals surface area contributed by atoms with Crippen LogP contribution in [0.3, 0.4) is 0 Å². The van der Waals surface area contributed by atoms with Gasteiger partial charge < -0.3 is 20.5 Å². The van der Waals surface area contributed by atoms with Gasteiger partial charge in [0, 0.05) is 25.4 Å². The molecule has 0 radical (unpaired) electrons. The summed E-state index contributed by atoms with van der Waals surface area (Å²) in [5.41, 5.74) is 5.32. The van der Waals surface area contributed by atoms with Crippen molar-refractivity contribution in [2.45, 2.75) is 25.6 Å². The van der Waals surface area contributed by atoms with Crippen molar-refractivity contribution in [1.29, 1.82) is 0 Å². The van der Waals surface area contributed by atoms with Crippen LogP contribution in [0.4, 0.5) is 0 Å². The summed E-state index contributed by atoms with van der Waals surface area (Å²) in [7, 11) is 0. The van der Waals surface area contributed by atoms with Crippen LogP contribution in [-0.4, -0.2) is 42.3 Å². The van der Waals surface area contributed by atoms with Crippen LogP contribution >= 0.6 is 0 Å². The van der Waals surface area contributed by atoms with E-state index in [1.54, 1.807) is 12.1 Å². The van der Waals surface area contributed by atoms with Crippen molar-refractivity contribution in [2.75, 3.05) is 19.7 Å². The first-order chi connectivity index (χ1) is 8.96. The second-order valence-corrected chi connectivity index (χ2v) is 5.19. The number of aromatic nitrogens is 1. The minimum atomic E-state index is -0.499. The molecule has 1 fully saturated rings. The number of hydrogen-bond donors (Lipinski definition) is 2. The summed E-state index contributed by atoms with van der Waals surface area (Å²) in [4.78, 5) is 14.9. The fourth-order valence-corrected chi connectivity index (χ4v) is 1.95. The van der Waals surface area contributed by atoms with Crippen molar-refractivity contribution in [3.63, 3.8) is 0 Å². The van der Waals surface area contributed by atoms with E-state index in [4.69, 9.17) is 15.2 Å². The van der Waals surface area contributed by atoms with Crippen LogP contribution in [-0.2, 0) is 4.74 Å². The number of hydrogen-bond acceptors (Lipinski definition) is 5. The lowest BCUT2D eigenvalue weighted by atomic mass is 10.1. The van der Waals surface area contributed by atoms with Gasteiger partial charge in [-0.3, -0.25) is 4.79 Å². The van der Waals surface area contributed by atoms with Crippen molar-refractivity contribution in [1.82, 2.24) is 10.3 Å². The molecule has 1 atom stereocenters. The van der Waals surface area contributed by atoms with Gasteiger partial charge in [0.2, 0.25) is 11.8 Å². The van der Waals surface area contributed by atoms with Crippen molar-refractivity contribution in [2.24, 2.45) is 5.73 Å². The molecule has 1 aliphatic rings. The summed E-state index contributed by atoms with van der Waals surface area (Å²) in [5.74, 6) is -0.0439. The molecule has 0 saturated carbocycles. The lowest BCUT2D eigenvalue weighted by molar-refractivity contribution is -0.107. The molecule has 2 rings (SSSR count). The monoisotopic (exact) mass is 265 g/mol. The van der Waals surface area contributed by atoms with Gasteiger partial charge in [0.15, 0.2) is 0 Å². The van der Waals surface area contributed by atoms with E-state index in [2.05, 4.69) is 10.3 Å². The number of nitrogens with two attached hydrogens (primary N) is 1. The largest absolute Gasteiger partial charge is 0.475 e. The molecule has 1 unspecified atom stereocenters. The SMILES string of the molecule is CC1(C)CNCC(COc2ccc(C(N)=O)cn2)O1. The van der Waals surface area contributed by atoms with E-state index in [-0.39, 0.29) is 11.7 Å². The Hall–Kier alpha value is -1.66. The van der Waals surface area contributed by atoms with Gasteiger partial charge in [-0.05, 0) is 19.9 Å². The molecule has 104 valence electrons. The van der Waals surface area contributed by atoms with Crippen LogP contribution in [0.5, 0.6) is 5.88 Å². The summed E-state index contributed by atoms with van der Waals surface area (Å²) in [6.07, 6.45) is 1.39. The quantitative estimate of drug-likeness (QED) is 0.819. The van der Waals surface area contributed by atoms with Crippen molar-refractivity contribution in [3.05, 3.63) is 23.9 Å². The van der Waals surface area contributed by atoms with Crippen LogP contribution in [0, 0.1) is 0 Å². The topological polar surface area (TPSA) is 86.5 Å². The number of primary amides is 1. The highest BCUT2D eigenvalue weighted by atomic mass is 16.6. The van der Waals surface area contributed by atoms with Gasteiger partial charge in [-0.2, -0.15) is 0 Å². The standard InChI is InChI=1S/C13H19N3O3/c1-13(2)8-15-6-10(19-13)7-18-11-4-3-9(5-16-11)12(14)17/h3-5,10,15H,6-8H2,1-2H3,(H2,14,17). The fourth-order valence-electron chi connectivity index (χ4n) is 1.95. The maximum absolute atomic E-state index is 10.9. The van der Waals surface area contributed by atoms with Gasteiger partial charge in [-0.25, -0.2) is 4.98 Å². The Bertz CT molecular complexity index is 445. The molecule has 1 amide bonds. The highest BCUT2D eigenvalue weighted by Gasteiger charge is 2.28. The first-order valence-electron chi connectivity index (χ1n) is 6.23. The molecule has 1 aliphatic heterocycles. The maximum atomic E-state index is 10.9. The Labute approximate surface area is 112 Å². The van der Waals surface area contributed by atoms with E-state index in [1.807, 2.05) is 13.8 Å². The average molecular weight is 265 g/mol. The lowest BCUT2D eigenvalue weighted by Crippen LogP contribution is -2.52. The molecule has 1 aromatic rings. The van der Waals surface area contributed by atoms with E-state index in [0.29, 0.717) is 18.1 Å². The molecule has 0 aromatic carbocycles. The van der Waals surface area contributed by atoms with Gasteiger partial charge in [-0.1, -0.05) is 0 Å². The van der Waals surface area contributed by atoms with Crippen LogP contribution in [0.2, 0.25) is 0 Å². The number of ether oxygens (including phenoxy) is 2. The Morgan fingerprint density at radius 2 is 2.42 bits per heavy atom. The van der Waals surface area contributed by atoms with E-state index in [9.17, 15) is 4.79 Å². The first kappa shape index (κ1) is 13.8. The Morgan fingerprint density at radius 3 is 3.00 bits per heavy atom. The molecule has 19 heavy (non-hydrogen) atoms. The Kier molecular flexibility index (Phi) is 4.01. The lowest BCUT2D eigenvalue weighted by Gasteiger charge is -2.36. The van der Waals surface area contributed by atoms with E-state index < -0.39 is 5.91 Å². The predicted octanol–water partition coefficient (Wildman–Crippen LogP) is 0.326. The average Bonchev–Trinajstić information content (AvgIpc) is 2.36. The molecule has 1 aromatic heterocycles. The zero-order chi connectivity index (χ0) is 13.9. The van der Waals surface area contributed by atoms with Gasteiger partial charge >= 0.3 is 0 Å². The molecule has 0 spiro atoms. The van der Waals surface area contributed by atoms with Crippen molar-refractivity contribution < 1.29 is 14.3 Å².